The fraction of sp³-hybridized carbons (Fsp3) is 0.107. The number of anilines is 1. The number of rotatable bonds is 10. The third-order valence-corrected chi connectivity index (χ3v) is 6.39. The highest BCUT2D eigenvalue weighted by atomic mass is 19.1. The number of nitrogens with zero attached hydrogens (tertiary/aromatic N) is 7. The Hall–Kier alpha value is -5.83. The van der Waals surface area contributed by atoms with Crippen molar-refractivity contribution >= 4 is 23.4 Å². The molecule has 15 heteroatoms. The minimum atomic E-state index is -2.05. The van der Waals surface area contributed by atoms with Gasteiger partial charge in [-0.05, 0) is 42.0 Å². The summed E-state index contributed by atoms with van der Waals surface area (Å²) >= 11 is 0. The average molecular weight is 589 g/mol. The summed E-state index contributed by atoms with van der Waals surface area (Å²) in [5.74, 6) is -2.32. The standard InChI is InChI=1S/C28H22F2N8O5/c29-20-5-10-24(25(30)13-20)28(41,14-35-17-31-16-32-35)15-37-27(40)36(18-33-37)22-8-6-21(7-9-22)34-26(39)11-4-19-2-1-3-23(12-19)38(42)43/h1-13,16-18,41H,14-15H2,(H,34,39)/b11-4+/t28-/m0/s1. The molecule has 0 saturated heterocycles. The molecule has 2 heterocycles. The highest BCUT2D eigenvalue weighted by Gasteiger charge is 2.35. The van der Waals surface area contributed by atoms with Gasteiger partial charge in [-0.1, -0.05) is 18.2 Å². The largest absolute Gasteiger partial charge is 0.381 e. The Balaban J connectivity index is 1.32. The molecule has 0 saturated carbocycles. The zero-order chi connectivity index (χ0) is 30.6. The van der Waals surface area contributed by atoms with Crippen LogP contribution in [0.25, 0.3) is 11.8 Å². The molecule has 43 heavy (non-hydrogen) atoms. The first-order valence-electron chi connectivity index (χ1n) is 12.6. The summed E-state index contributed by atoms with van der Waals surface area (Å²) in [7, 11) is 0. The molecule has 1 amide bonds. The molecule has 0 bridgehead atoms. The first kappa shape index (κ1) is 28.7. The Labute approximate surface area is 241 Å². The molecule has 0 radical (unpaired) electrons. The van der Waals surface area contributed by atoms with E-state index < -0.39 is 40.3 Å². The maximum atomic E-state index is 14.7. The monoisotopic (exact) mass is 588 g/mol. The van der Waals surface area contributed by atoms with Crippen molar-refractivity contribution in [1.82, 2.24) is 29.1 Å². The van der Waals surface area contributed by atoms with Crippen LogP contribution in [0.3, 0.4) is 0 Å². The number of hydrogen-bond acceptors (Lipinski definition) is 8. The Bertz CT molecular complexity index is 1870. The van der Waals surface area contributed by atoms with Gasteiger partial charge in [0.25, 0.3) is 5.69 Å². The predicted molar refractivity (Wildman–Crippen MR) is 149 cm³/mol. The van der Waals surface area contributed by atoms with Gasteiger partial charge in [0.05, 0.1) is 23.7 Å². The van der Waals surface area contributed by atoms with Gasteiger partial charge in [-0.25, -0.2) is 32.5 Å². The molecule has 1 atom stereocenters. The van der Waals surface area contributed by atoms with E-state index in [0.29, 0.717) is 23.0 Å². The molecule has 218 valence electrons. The van der Waals surface area contributed by atoms with E-state index in [2.05, 4.69) is 20.5 Å². The van der Waals surface area contributed by atoms with E-state index >= 15 is 0 Å². The van der Waals surface area contributed by atoms with Crippen molar-refractivity contribution in [3.8, 4) is 5.69 Å². The van der Waals surface area contributed by atoms with E-state index in [4.69, 9.17) is 0 Å². The summed E-state index contributed by atoms with van der Waals surface area (Å²) in [4.78, 5) is 39.8. The van der Waals surface area contributed by atoms with Gasteiger partial charge in [-0.2, -0.15) is 10.2 Å². The number of nitrogens with one attached hydrogen (secondary N) is 1. The number of benzene rings is 3. The van der Waals surface area contributed by atoms with E-state index in [9.17, 15) is 33.6 Å². The molecule has 5 rings (SSSR count). The summed E-state index contributed by atoms with van der Waals surface area (Å²) in [5, 5.41) is 33.1. The van der Waals surface area contributed by atoms with Crippen molar-refractivity contribution in [1.29, 1.82) is 0 Å². The first-order valence-corrected chi connectivity index (χ1v) is 12.6. The molecule has 13 nitrogen and oxygen atoms in total. The molecule has 0 aliphatic heterocycles. The van der Waals surface area contributed by atoms with Crippen LogP contribution >= 0.6 is 0 Å². The van der Waals surface area contributed by atoms with Crippen LogP contribution in [-0.2, 0) is 23.5 Å². The Kier molecular flexibility index (Phi) is 7.98. The topological polar surface area (TPSA) is 163 Å². The van der Waals surface area contributed by atoms with E-state index in [1.807, 2.05) is 0 Å². The molecule has 0 aliphatic carbocycles. The number of carbonyl (C=O) groups is 1. The zero-order valence-electron chi connectivity index (χ0n) is 22.1. The number of aromatic nitrogens is 6. The number of aliphatic hydroxyl groups is 1. The van der Waals surface area contributed by atoms with E-state index in [0.717, 1.165) is 16.8 Å². The van der Waals surface area contributed by atoms with Gasteiger partial charge in [-0.3, -0.25) is 14.9 Å². The lowest BCUT2D eigenvalue weighted by Gasteiger charge is -2.28. The molecular formula is C28H22F2N8O5. The van der Waals surface area contributed by atoms with Gasteiger partial charge >= 0.3 is 5.69 Å². The molecule has 2 aromatic heterocycles. The third kappa shape index (κ3) is 6.57. The van der Waals surface area contributed by atoms with Gasteiger partial charge in [0.15, 0.2) is 0 Å². The molecule has 0 spiro atoms. The predicted octanol–water partition coefficient (Wildman–Crippen LogP) is 3.05. The van der Waals surface area contributed by atoms with Crippen LogP contribution in [0.1, 0.15) is 11.1 Å². The quantitative estimate of drug-likeness (QED) is 0.143. The van der Waals surface area contributed by atoms with Gasteiger partial charge in [0, 0.05) is 35.5 Å². The van der Waals surface area contributed by atoms with Crippen LogP contribution in [0.5, 0.6) is 0 Å². The summed E-state index contributed by atoms with van der Waals surface area (Å²) in [6.45, 7) is -0.800. The van der Waals surface area contributed by atoms with E-state index in [-0.39, 0.29) is 17.8 Å². The lowest BCUT2D eigenvalue weighted by molar-refractivity contribution is -0.384. The maximum absolute atomic E-state index is 14.7. The fourth-order valence-electron chi connectivity index (χ4n) is 4.34. The second kappa shape index (κ2) is 12.0. The van der Waals surface area contributed by atoms with Gasteiger partial charge in [-0.15, -0.1) is 0 Å². The van der Waals surface area contributed by atoms with Gasteiger partial charge in [0.2, 0.25) is 5.91 Å². The number of halogens is 2. The molecule has 0 fully saturated rings. The fourth-order valence-corrected chi connectivity index (χ4v) is 4.34. The highest BCUT2D eigenvalue weighted by Crippen LogP contribution is 2.28. The Morgan fingerprint density at radius 3 is 2.53 bits per heavy atom. The van der Waals surface area contributed by atoms with Gasteiger partial charge in [0.1, 0.15) is 36.2 Å². The Morgan fingerprint density at radius 2 is 1.84 bits per heavy atom. The third-order valence-electron chi connectivity index (χ3n) is 6.39. The van der Waals surface area contributed by atoms with Crippen LogP contribution in [0.2, 0.25) is 0 Å². The van der Waals surface area contributed by atoms with Crippen molar-refractivity contribution in [2.75, 3.05) is 5.32 Å². The molecular weight excluding hydrogens is 566 g/mol. The number of amides is 1. The normalized spacial score (nSPS) is 12.7. The highest BCUT2D eigenvalue weighted by molar-refractivity contribution is 6.02. The van der Waals surface area contributed by atoms with Crippen LogP contribution < -0.4 is 11.0 Å². The van der Waals surface area contributed by atoms with Crippen molar-refractivity contribution in [3.63, 3.8) is 0 Å². The zero-order valence-corrected chi connectivity index (χ0v) is 22.1. The van der Waals surface area contributed by atoms with Crippen molar-refractivity contribution in [3.05, 3.63) is 135 Å². The van der Waals surface area contributed by atoms with Gasteiger partial charge < -0.3 is 10.4 Å². The lowest BCUT2D eigenvalue weighted by atomic mass is 9.93. The second-order valence-corrected chi connectivity index (χ2v) is 9.41. The number of nitro benzene ring substituents is 1. The minimum Gasteiger partial charge on any atom is -0.381 e. The Morgan fingerprint density at radius 1 is 1.05 bits per heavy atom. The molecule has 0 unspecified atom stereocenters. The molecule has 3 aromatic carbocycles. The van der Waals surface area contributed by atoms with Crippen molar-refractivity contribution in [2.24, 2.45) is 0 Å². The van der Waals surface area contributed by atoms with E-state index in [1.54, 1.807) is 30.3 Å². The summed E-state index contributed by atoms with van der Waals surface area (Å²) in [6.07, 6.45) is 6.41. The number of hydrogen-bond donors (Lipinski definition) is 2. The number of non-ortho nitro benzene ring substituents is 1. The average Bonchev–Trinajstić information content (AvgIpc) is 3.61. The van der Waals surface area contributed by atoms with Crippen LogP contribution in [0, 0.1) is 21.7 Å². The molecule has 5 aromatic rings. The first-order chi connectivity index (χ1) is 20.6. The van der Waals surface area contributed by atoms with Crippen LogP contribution in [-0.4, -0.2) is 45.0 Å². The lowest BCUT2D eigenvalue weighted by Crippen LogP contribution is -2.41. The SMILES string of the molecule is O=C(/C=C/c1cccc([N+](=O)[O-])c1)Nc1ccc(-n2cnn(C[C@@](O)(Cn3cncn3)c3ccc(F)cc3F)c2=O)cc1. The number of nitro groups is 1. The van der Waals surface area contributed by atoms with Crippen molar-refractivity contribution in [2.45, 2.75) is 18.7 Å². The molecule has 0 aliphatic rings. The molecule has 2 N–H and O–H groups in total. The number of carbonyl (C=O) groups excluding carboxylic acids is 1. The van der Waals surface area contributed by atoms with Crippen LogP contribution in [0.15, 0.2) is 96.6 Å². The van der Waals surface area contributed by atoms with Crippen LogP contribution in [0.4, 0.5) is 20.2 Å². The second-order valence-electron chi connectivity index (χ2n) is 9.41. The minimum absolute atomic E-state index is 0.0979. The smallest absolute Gasteiger partial charge is 0.350 e. The van der Waals surface area contributed by atoms with Crippen molar-refractivity contribution < 1.29 is 23.6 Å². The maximum Gasteiger partial charge on any atom is 0.350 e. The summed E-state index contributed by atoms with van der Waals surface area (Å²) < 4.78 is 31.7. The van der Waals surface area contributed by atoms with E-state index in [1.165, 1.54) is 58.6 Å². The summed E-state index contributed by atoms with van der Waals surface area (Å²) in [5.41, 5.74) is -1.80. The summed E-state index contributed by atoms with van der Waals surface area (Å²) in [6, 6.07) is 14.7.